The van der Waals surface area contributed by atoms with E-state index in [4.69, 9.17) is 4.74 Å². The fraction of sp³-hybridized carbons (Fsp3) is 0.154. The molecule has 0 aliphatic rings. The third-order valence-corrected chi connectivity index (χ3v) is 3.70. The Kier molecular flexibility index (Phi) is 2.79. The third-order valence-electron chi connectivity index (χ3n) is 2.68. The summed E-state index contributed by atoms with van der Waals surface area (Å²) in [7, 11) is 0. The molecule has 6 heteroatoms. The second-order valence-corrected chi connectivity index (χ2v) is 4.90. The Balaban J connectivity index is 2.30. The van der Waals surface area contributed by atoms with E-state index >= 15 is 0 Å². The van der Waals surface area contributed by atoms with Crippen LogP contribution < -0.4 is 5.56 Å². The fourth-order valence-corrected chi connectivity index (χ4v) is 2.92. The second-order valence-electron chi connectivity index (χ2n) is 3.89. The molecule has 2 aromatic heterocycles. The first-order valence-electron chi connectivity index (χ1n) is 5.79. The largest absolute Gasteiger partial charge is 0.461 e. The highest BCUT2D eigenvalue weighted by Crippen LogP contribution is 2.23. The number of hydrogen-bond acceptors (Lipinski definition) is 5. The van der Waals surface area contributed by atoms with Gasteiger partial charge in [0.2, 0.25) is 0 Å². The molecule has 0 aliphatic carbocycles. The van der Waals surface area contributed by atoms with E-state index in [0.717, 1.165) is 10.2 Å². The van der Waals surface area contributed by atoms with Crippen LogP contribution in [0.2, 0.25) is 0 Å². The second kappa shape index (κ2) is 4.47. The molecule has 19 heavy (non-hydrogen) atoms. The molecule has 0 radical (unpaired) electrons. The Hall–Kier alpha value is -2.21. The minimum absolute atomic E-state index is 0.0541. The molecule has 0 bridgehead atoms. The summed E-state index contributed by atoms with van der Waals surface area (Å²) in [6.07, 6.45) is 0. The number of hydrogen-bond donors (Lipinski definition) is 0. The predicted octanol–water partition coefficient (Wildman–Crippen LogP) is 2.09. The highest BCUT2D eigenvalue weighted by Gasteiger charge is 2.14. The van der Waals surface area contributed by atoms with Crippen LogP contribution in [0.4, 0.5) is 0 Å². The molecule has 0 fully saturated rings. The first-order valence-corrected chi connectivity index (χ1v) is 6.61. The van der Waals surface area contributed by atoms with Crippen LogP contribution in [0.25, 0.3) is 15.2 Å². The summed E-state index contributed by atoms with van der Waals surface area (Å²) >= 11 is 1.37. The molecule has 2 heterocycles. The lowest BCUT2D eigenvalue weighted by atomic mass is 10.3. The van der Waals surface area contributed by atoms with Gasteiger partial charge >= 0.3 is 5.97 Å². The normalized spacial score (nSPS) is 11.0. The summed E-state index contributed by atoms with van der Waals surface area (Å²) in [5.74, 6) is -0.570. The maximum absolute atomic E-state index is 12.1. The number of para-hydroxylation sites is 1. The molecule has 0 saturated heterocycles. The monoisotopic (exact) mass is 274 g/mol. The number of carbonyl (C=O) groups is 1. The quantitative estimate of drug-likeness (QED) is 0.671. The molecule has 3 aromatic rings. The number of carbonyl (C=O) groups excluding carboxylic acids is 1. The number of rotatable bonds is 2. The Labute approximate surface area is 112 Å². The highest BCUT2D eigenvalue weighted by atomic mass is 32.1. The molecule has 0 spiro atoms. The molecule has 0 N–H and O–H groups in total. The Bertz CT molecular complexity index is 835. The van der Waals surface area contributed by atoms with Gasteiger partial charge < -0.3 is 4.74 Å². The summed E-state index contributed by atoms with van der Waals surface area (Å²) in [5.41, 5.74) is 0.583. The van der Waals surface area contributed by atoms with Crippen molar-refractivity contribution in [1.82, 2.24) is 9.38 Å². The summed E-state index contributed by atoms with van der Waals surface area (Å²) in [5, 5.41) is 0. The molecule has 1 aromatic carbocycles. The van der Waals surface area contributed by atoms with Crippen LogP contribution in [0.1, 0.15) is 17.4 Å². The molecular weight excluding hydrogens is 264 g/mol. The van der Waals surface area contributed by atoms with Gasteiger partial charge in [0, 0.05) is 6.07 Å². The van der Waals surface area contributed by atoms with E-state index in [0.29, 0.717) is 4.96 Å². The standard InChI is InChI=1S/C13H10N2O3S/c1-2-18-12(17)8-7-11(16)15-9-5-3-4-6-10(9)19-13(15)14-8/h3-7H,2H2,1H3. The predicted molar refractivity (Wildman–Crippen MR) is 72.8 cm³/mol. The lowest BCUT2D eigenvalue weighted by Crippen LogP contribution is -2.17. The zero-order valence-electron chi connectivity index (χ0n) is 10.1. The van der Waals surface area contributed by atoms with E-state index in [1.165, 1.54) is 21.8 Å². The fourth-order valence-electron chi connectivity index (χ4n) is 1.89. The van der Waals surface area contributed by atoms with Gasteiger partial charge in [0.05, 0.1) is 16.8 Å². The molecular formula is C13H10N2O3S. The van der Waals surface area contributed by atoms with Crippen molar-refractivity contribution in [3.63, 3.8) is 0 Å². The SMILES string of the molecule is CCOC(=O)c1cc(=O)n2c(n1)sc1ccccc12. The number of esters is 1. The lowest BCUT2D eigenvalue weighted by Gasteiger charge is -2.00. The van der Waals surface area contributed by atoms with Crippen LogP contribution in [0.15, 0.2) is 35.1 Å². The molecule has 3 rings (SSSR count). The number of benzene rings is 1. The molecule has 5 nitrogen and oxygen atoms in total. The molecule has 0 aliphatic heterocycles. The van der Waals surface area contributed by atoms with Gasteiger partial charge in [-0.05, 0) is 19.1 Å². The number of fused-ring (bicyclic) bond motifs is 3. The van der Waals surface area contributed by atoms with Gasteiger partial charge in [-0.3, -0.25) is 9.20 Å². The number of nitrogens with zero attached hydrogens (tertiary/aromatic N) is 2. The van der Waals surface area contributed by atoms with E-state index in [1.807, 2.05) is 24.3 Å². The van der Waals surface area contributed by atoms with Gasteiger partial charge in [0.25, 0.3) is 5.56 Å². The summed E-state index contributed by atoms with van der Waals surface area (Å²) < 4.78 is 7.32. The molecule has 0 atom stereocenters. The Morgan fingerprint density at radius 2 is 2.21 bits per heavy atom. The van der Waals surface area contributed by atoms with Crippen molar-refractivity contribution in [2.75, 3.05) is 6.61 Å². The van der Waals surface area contributed by atoms with E-state index in [1.54, 1.807) is 6.92 Å². The van der Waals surface area contributed by atoms with Crippen LogP contribution in [0, 0.1) is 0 Å². The van der Waals surface area contributed by atoms with Gasteiger partial charge in [0.1, 0.15) is 0 Å². The van der Waals surface area contributed by atoms with Crippen molar-refractivity contribution in [3.05, 3.63) is 46.4 Å². The first-order chi connectivity index (χ1) is 9.20. The maximum Gasteiger partial charge on any atom is 0.357 e. The van der Waals surface area contributed by atoms with Crippen molar-refractivity contribution in [1.29, 1.82) is 0 Å². The van der Waals surface area contributed by atoms with Crippen LogP contribution in [-0.2, 0) is 4.74 Å². The van der Waals surface area contributed by atoms with Crippen LogP contribution in [-0.4, -0.2) is 22.0 Å². The average molecular weight is 274 g/mol. The van der Waals surface area contributed by atoms with Crippen LogP contribution in [0.3, 0.4) is 0 Å². The van der Waals surface area contributed by atoms with Crippen molar-refractivity contribution in [2.45, 2.75) is 6.92 Å². The van der Waals surface area contributed by atoms with E-state index in [2.05, 4.69) is 4.98 Å². The number of thiazole rings is 1. The zero-order valence-corrected chi connectivity index (χ0v) is 10.9. The molecule has 96 valence electrons. The summed E-state index contributed by atoms with van der Waals surface area (Å²) in [6, 6.07) is 8.74. The highest BCUT2D eigenvalue weighted by molar-refractivity contribution is 7.23. The zero-order chi connectivity index (χ0) is 13.4. The van der Waals surface area contributed by atoms with Gasteiger partial charge in [-0.2, -0.15) is 0 Å². The van der Waals surface area contributed by atoms with Gasteiger partial charge in [-0.1, -0.05) is 23.5 Å². The summed E-state index contributed by atoms with van der Waals surface area (Å²) in [6.45, 7) is 1.97. The lowest BCUT2D eigenvalue weighted by molar-refractivity contribution is 0.0519. The Morgan fingerprint density at radius 3 is 3.00 bits per heavy atom. The van der Waals surface area contributed by atoms with E-state index in [9.17, 15) is 9.59 Å². The Morgan fingerprint density at radius 1 is 1.42 bits per heavy atom. The van der Waals surface area contributed by atoms with E-state index in [-0.39, 0.29) is 17.9 Å². The smallest absolute Gasteiger partial charge is 0.357 e. The van der Waals surface area contributed by atoms with Crippen molar-refractivity contribution in [2.24, 2.45) is 0 Å². The van der Waals surface area contributed by atoms with Gasteiger partial charge in [0.15, 0.2) is 10.7 Å². The minimum atomic E-state index is -0.570. The topological polar surface area (TPSA) is 60.7 Å². The van der Waals surface area contributed by atoms with Crippen molar-refractivity contribution in [3.8, 4) is 0 Å². The average Bonchev–Trinajstić information content (AvgIpc) is 2.77. The van der Waals surface area contributed by atoms with Crippen molar-refractivity contribution < 1.29 is 9.53 Å². The molecule has 0 unspecified atom stereocenters. The molecule has 0 amide bonds. The van der Waals surface area contributed by atoms with E-state index < -0.39 is 5.97 Å². The number of ether oxygens (including phenoxy) is 1. The number of aromatic nitrogens is 2. The first kappa shape index (κ1) is 11.9. The van der Waals surface area contributed by atoms with Crippen molar-refractivity contribution >= 4 is 32.5 Å². The van der Waals surface area contributed by atoms with Gasteiger partial charge in [-0.15, -0.1) is 0 Å². The maximum atomic E-state index is 12.1. The third kappa shape index (κ3) is 1.90. The minimum Gasteiger partial charge on any atom is -0.461 e. The van der Waals surface area contributed by atoms with Crippen LogP contribution >= 0.6 is 11.3 Å². The van der Waals surface area contributed by atoms with Gasteiger partial charge in [-0.25, -0.2) is 9.78 Å². The summed E-state index contributed by atoms with van der Waals surface area (Å²) in [4.78, 5) is 28.4. The van der Waals surface area contributed by atoms with Crippen LogP contribution in [0.5, 0.6) is 0 Å². The molecule has 0 saturated carbocycles.